The second-order valence-electron chi connectivity index (χ2n) is 1.83. The summed E-state index contributed by atoms with van der Waals surface area (Å²) in [4.78, 5) is 21.0. The summed E-state index contributed by atoms with van der Waals surface area (Å²) in [6.07, 6.45) is 0.0861. The molecule has 5 heteroatoms. The number of ketones is 1. The number of carbonyl (C=O) groups excluding carboxylic acids is 2. The fourth-order valence-electron chi connectivity index (χ4n) is 0.483. The van der Waals surface area contributed by atoms with Crippen LogP contribution in [0.2, 0.25) is 0 Å². The van der Waals surface area contributed by atoms with Gasteiger partial charge in [0, 0.05) is 6.42 Å². The lowest BCUT2D eigenvalue weighted by molar-refractivity contribution is -0.143. The van der Waals surface area contributed by atoms with Crippen molar-refractivity contribution in [1.29, 1.82) is 0 Å². The van der Waals surface area contributed by atoms with Crippen molar-refractivity contribution in [1.82, 2.24) is 0 Å². The van der Waals surface area contributed by atoms with Gasteiger partial charge in [0.2, 0.25) is 0 Å². The molecule has 0 fully saturated rings. The molecule has 0 saturated carbocycles. The zero-order chi connectivity index (χ0) is 7.98. The summed E-state index contributed by atoms with van der Waals surface area (Å²) < 4.78 is 4.27. The van der Waals surface area contributed by atoms with E-state index in [1.54, 1.807) is 0 Å². The van der Waals surface area contributed by atoms with Crippen molar-refractivity contribution in [2.75, 3.05) is 13.7 Å². The topological polar surface area (TPSA) is 69.4 Å². The van der Waals surface area contributed by atoms with Crippen LogP contribution in [0.1, 0.15) is 12.8 Å². The highest BCUT2D eigenvalue weighted by Crippen LogP contribution is 1.89. The quantitative estimate of drug-likeness (QED) is 0.485. The summed E-state index contributed by atoms with van der Waals surface area (Å²) >= 11 is 0. The lowest BCUT2D eigenvalue weighted by atomic mass is 10.2. The van der Waals surface area contributed by atoms with Gasteiger partial charge in [-0.25, -0.2) is 0 Å². The molecular formula is C6H12ClNO3. The molecule has 0 unspecified atom stereocenters. The lowest BCUT2D eigenvalue weighted by Gasteiger charge is -1.95. The van der Waals surface area contributed by atoms with E-state index in [0.717, 1.165) is 0 Å². The van der Waals surface area contributed by atoms with Crippen LogP contribution in [0.25, 0.3) is 0 Å². The number of rotatable bonds is 4. The Balaban J connectivity index is 0. The van der Waals surface area contributed by atoms with Crippen LogP contribution in [-0.4, -0.2) is 25.4 Å². The molecule has 0 spiro atoms. The maximum Gasteiger partial charge on any atom is 0.313 e. The van der Waals surface area contributed by atoms with Gasteiger partial charge in [-0.2, -0.15) is 0 Å². The minimum Gasteiger partial charge on any atom is -0.469 e. The number of methoxy groups -OCH3 is 1. The van der Waals surface area contributed by atoms with Crippen LogP contribution < -0.4 is 5.73 Å². The van der Waals surface area contributed by atoms with Crippen LogP contribution >= 0.6 is 12.4 Å². The van der Waals surface area contributed by atoms with E-state index in [4.69, 9.17) is 5.73 Å². The summed E-state index contributed by atoms with van der Waals surface area (Å²) in [5, 5.41) is 0. The molecule has 4 nitrogen and oxygen atoms in total. The first kappa shape index (κ1) is 13.0. The highest BCUT2D eigenvalue weighted by Gasteiger charge is 2.07. The van der Waals surface area contributed by atoms with Crippen molar-refractivity contribution in [3.8, 4) is 0 Å². The molecular weight excluding hydrogens is 170 g/mol. The van der Waals surface area contributed by atoms with Gasteiger partial charge in [0.1, 0.15) is 12.2 Å². The van der Waals surface area contributed by atoms with Gasteiger partial charge in [-0.05, 0) is 6.54 Å². The van der Waals surface area contributed by atoms with E-state index in [9.17, 15) is 9.59 Å². The highest BCUT2D eigenvalue weighted by atomic mass is 35.5. The predicted octanol–water partition coefficient (Wildman–Crippen LogP) is -0.111. The standard InChI is InChI=1S/C6H11NO3.ClH/c1-10-6(9)4-5(8)2-3-7;/h2-4,7H2,1H3;1H. The molecule has 0 heterocycles. The van der Waals surface area contributed by atoms with Gasteiger partial charge < -0.3 is 10.5 Å². The van der Waals surface area contributed by atoms with Gasteiger partial charge in [-0.15, -0.1) is 12.4 Å². The molecule has 0 radical (unpaired) electrons. The predicted molar refractivity (Wildman–Crippen MR) is 42.6 cm³/mol. The minimum absolute atomic E-state index is 0. The van der Waals surface area contributed by atoms with Crippen LogP contribution in [0.4, 0.5) is 0 Å². The number of hydrogen-bond acceptors (Lipinski definition) is 4. The number of esters is 1. The van der Waals surface area contributed by atoms with Crippen molar-refractivity contribution in [2.24, 2.45) is 5.73 Å². The van der Waals surface area contributed by atoms with Crippen LogP contribution in [0.3, 0.4) is 0 Å². The van der Waals surface area contributed by atoms with Gasteiger partial charge in [0.15, 0.2) is 0 Å². The summed E-state index contributed by atoms with van der Waals surface area (Å²) in [6.45, 7) is 0.288. The molecule has 11 heavy (non-hydrogen) atoms. The Morgan fingerprint density at radius 3 is 2.36 bits per heavy atom. The fourth-order valence-corrected chi connectivity index (χ4v) is 0.483. The normalized spacial score (nSPS) is 8.18. The SMILES string of the molecule is COC(=O)CC(=O)CCN.Cl. The maximum absolute atomic E-state index is 10.6. The van der Waals surface area contributed by atoms with E-state index < -0.39 is 5.97 Å². The minimum atomic E-state index is -0.501. The first-order chi connectivity index (χ1) is 4.70. The lowest BCUT2D eigenvalue weighted by Crippen LogP contribution is -2.13. The zero-order valence-corrected chi connectivity index (χ0v) is 7.15. The van der Waals surface area contributed by atoms with E-state index in [0.29, 0.717) is 0 Å². The third-order valence-corrected chi connectivity index (χ3v) is 0.992. The zero-order valence-electron chi connectivity index (χ0n) is 6.33. The molecule has 0 rings (SSSR count). The van der Waals surface area contributed by atoms with E-state index in [1.807, 2.05) is 0 Å². The van der Waals surface area contributed by atoms with Gasteiger partial charge in [-0.1, -0.05) is 0 Å². The summed E-state index contributed by atoms with van der Waals surface area (Å²) in [6, 6.07) is 0. The molecule has 0 aromatic heterocycles. The number of carbonyl (C=O) groups is 2. The van der Waals surface area contributed by atoms with Crippen LogP contribution in [0.15, 0.2) is 0 Å². The molecule has 0 saturated heterocycles. The monoisotopic (exact) mass is 181 g/mol. The van der Waals surface area contributed by atoms with Gasteiger partial charge in [0.25, 0.3) is 0 Å². The van der Waals surface area contributed by atoms with E-state index >= 15 is 0 Å². The average molecular weight is 182 g/mol. The van der Waals surface area contributed by atoms with Crippen LogP contribution in [-0.2, 0) is 14.3 Å². The second-order valence-corrected chi connectivity index (χ2v) is 1.83. The second kappa shape index (κ2) is 7.50. The fraction of sp³-hybridized carbons (Fsp3) is 0.667. The number of Topliss-reactive ketones (excluding diaryl/α,β-unsaturated/α-hetero) is 1. The maximum atomic E-state index is 10.6. The Bertz CT molecular complexity index is 138. The van der Waals surface area contributed by atoms with Crippen LogP contribution in [0, 0.1) is 0 Å². The highest BCUT2D eigenvalue weighted by molar-refractivity contribution is 5.95. The average Bonchev–Trinajstić information content (AvgIpc) is 1.88. The summed E-state index contributed by atoms with van der Waals surface area (Å²) in [5.41, 5.74) is 5.07. The number of ether oxygens (including phenoxy) is 1. The number of halogens is 1. The summed E-state index contributed by atoms with van der Waals surface area (Å²) in [5.74, 6) is -0.673. The molecule has 2 N–H and O–H groups in total. The molecule has 0 aliphatic rings. The Morgan fingerprint density at radius 1 is 1.45 bits per heavy atom. The first-order valence-electron chi connectivity index (χ1n) is 2.99. The van der Waals surface area contributed by atoms with Crippen molar-refractivity contribution in [2.45, 2.75) is 12.8 Å². The van der Waals surface area contributed by atoms with E-state index in [1.165, 1.54) is 7.11 Å². The Morgan fingerprint density at radius 2 is 2.00 bits per heavy atom. The molecule has 0 amide bonds. The molecule has 0 bridgehead atoms. The molecule has 0 aliphatic carbocycles. The summed E-state index contributed by atoms with van der Waals surface area (Å²) in [7, 11) is 1.25. The molecule has 0 aliphatic heterocycles. The van der Waals surface area contributed by atoms with Crippen molar-refractivity contribution in [3.05, 3.63) is 0 Å². The van der Waals surface area contributed by atoms with Crippen molar-refractivity contribution < 1.29 is 14.3 Å². The van der Waals surface area contributed by atoms with Crippen molar-refractivity contribution >= 4 is 24.2 Å². The molecule has 0 aromatic rings. The smallest absolute Gasteiger partial charge is 0.313 e. The van der Waals surface area contributed by atoms with Gasteiger partial charge >= 0.3 is 5.97 Å². The Kier molecular flexibility index (Phi) is 8.87. The largest absolute Gasteiger partial charge is 0.469 e. The van der Waals surface area contributed by atoms with E-state index in [-0.39, 0.29) is 37.6 Å². The molecule has 66 valence electrons. The Hall–Kier alpha value is -0.610. The molecule has 0 atom stereocenters. The molecule has 0 aromatic carbocycles. The number of nitrogens with two attached hydrogens (primary N) is 1. The third-order valence-electron chi connectivity index (χ3n) is 0.992. The first-order valence-corrected chi connectivity index (χ1v) is 2.99. The third kappa shape index (κ3) is 7.29. The van der Waals surface area contributed by atoms with Crippen molar-refractivity contribution in [3.63, 3.8) is 0 Å². The van der Waals surface area contributed by atoms with Gasteiger partial charge in [-0.3, -0.25) is 9.59 Å². The van der Waals surface area contributed by atoms with E-state index in [2.05, 4.69) is 4.74 Å². The number of hydrogen-bond donors (Lipinski definition) is 1. The van der Waals surface area contributed by atoms with Crippen LogP contribution in [0.5, 0.6) is 0 Å². The van der Waals surface area contributed by atoms with Gasteiger partial charge in [0.05, 0.1) is 7.11 Å². The Labute approximate surface area is 71.5 Å².